The molecule has 1 amide bonds. The molecule has 0 bridgehead atoms. The molecule has 118 valence electrons. The molecule has 0 heterocycles. The van der Waals surface area contributed by atoms with Crippen LogP contribution in [0.5, 0.6) is 0 Å². The molecule has 0 saturated heterocycles. The van der Waals surface area contributed by atoms with Gasteiger partial charge in [-0.25, -0.2) is 0 Å². The number of anilines is 1. The largest absolute Gasteiger partial charge is 0.325 e. The second-order valence-electron chi connectivity index (χ2n) is 5.08. The Bertz CT molecular complexity index is 799. The van der Waals surface area contributed by atoms with E-state index in [4.69, 9.17) is 0 Å². The highest BCUT2D eigenvalue weighted by Gasteiger charge is 2.23. The Morgan fingerprint density at radius 2 is 1.91 bits per heavy atom. The van der Waals surface area contributed by atoms with Crippen LogP contribution in [0.1, 0.15) is 20.3 Å². The number of fused-ring (bicyclic) bond motifs is 1. The molecule has 0 spiro atoms. The maximum atomic E-state index is 12.3. The molecule has 0 aromatic heterocycles. The molecule has 6 heteroatoms. The van der Waals surface area contributed by atoms with E-state index >= 15 is 0 Å². The van der Waals surface area contributed by atoms with Crippen molar-refractivity contribution in [3.63, 3.8) is 0 Å². The van der Waals surface area contributed by atoms with Gasteiger partial charge in [0.2, 0.25) is 5.91 Å². The van der Waals surface area contributed by atoms with Gasteiger partial charge in [0.25, 0.3) is 10.1 Å². The summed E-state index contributed by atoms with van der Waals surface area (Å²) in [6.07, 6.45) is 0.672. The number of rotatable bonds is 5. The normalized spacial score (nSPS) is 13.0. The highest BCUT2D eigenvalue weighted by atomic mass is 32.2. The van der Waals surface area contributed by atoms with Crippen molar-refractivity contribution in [3.05, 3.63) is 36.4 Å². The molecule has 0 fully saturated rings. The van der Waals surface area contributed by atoms with Gasteiger partial charge in [-0.15, -0.1) is 0 Å². The van der Waals surface area contributed by atoms with Gasteiger partial charge >= 0.3 is 0 Å². The van der Waals surface area contributed by atoms with Gasteiger partial charge in [0.15, 0.2) is 0 Å². The lowest BCUT2D eigenvalue weighted by atomic mass is 10.1. The molecular formula is C16H19NO4S. The van der Waals surface area contributed by atoms with E-state index in [2.05, 4.69) is 9.50 Å². The Balaban J connectivity index is 2.64. The average molecular weight is 321 g/mol. The molecular weight excluding hydrogens is 302 g/mol. The van der Waals surface area contributed by atoms with Crippen LogP contribution in [0.25, 0.3) is 10.8 Å². The van der Waals surface area contributed by atoms with E-state index in [1.165, 1.54) is 0 Å². The predicted octanol–water partition coefficient (Wildman–Crippen LogP) is 3.16. The van der Waals surface area contributed by atoms with E-state index in [0.29, 0.717) is 11.8 Å². The van der Waals surface area contributed by atoms with Crippen molar-refractivity contribution < 1.29 is 17.4 Å². The summed E-state index contributed by atoms with van der Waals surface area (Å²) in [5.41, 5.74) is 0.242. The van der Waals surface area contributed by atoms with Gasteiger partial charge in [-0.05, 0) is 17.9 Å². The summed E-state index contributed by atoms with van der Waals surface area (Å²) >= 11 is 0. The van der Waals surface area contributed by atoms with Gasteiger partial charge in [0, 0.05) is 11.3 Å². The van der Waals surface area contributed by atoms with E-state index in [-0.39, 0.29) is 22.4 Å². The highest BCUT2D eigenvalue weighted by Crippen LogP contribution is 2.32. The molecule has 5 nitrogen and oxygen atoms in total. The Labute approximate surface area is 130 Å². The number of amides is 1. The lowest BCUT2D eigenvalue weighted by Gasteiger charge is -2.15. The third kappa shape index (κ3) is 3.13. The third-order valence-electron chi connectivity index (χ3n) is 3.67. The van der Waals surface area contributed by atoms with Crippen LogP contribution in [0.3, 0.4) is 0 Å². The monoisotopic (exact) mass is 321 g/mol. The summed E-state index contributed by atoms with van der Waals surface area (Å²) in [6, 6.07) is 10.4. The van der Waals surface area contributed by atoms with Gasteiger partial charge < -0.3 is 5.32 Å². The zero-order valence-electron chi connectivity index (χ0n) is 12.8. The lowest BCUT2D eigenvalue weighted by Crippen LogP contribution is -2.21. The SMILES string of the molecule is CCC(C)C(=O)Nc1ccc2ccccc2c1S(=O)(=O)OC. The van der Waals surface area contributed by atoms with Gasteiger partial charge in [0.1, 0.15) is 4.90 Å². The zero-order valence-corrected chi connectivity index (χ0v) is 13.6. The first-order valence-electron chi connectivity index (χ1n) is 7.04. The van der Waals surface area contributed by atoms with Crippen molar-refractivity contribution in [3.8, 4) is 0 Å². The number of carbonyl (C=O) groups excluding carboxylic acids is 1. The third-order valence-corrected chi connectivity index (χ3v) is 5.05. The van der Waals surface area contributed by atoms with Gasteiger partial charge in [0.05, 0.1) is 12.8 Å². The summed E-state index contributed by atoms with van der Waals surface area (Å²) in [5.74, 6) is -0.421. The van der Waals surface area contributed by atoms with Crippen molar-refractivity contribution in [1.82, 2.24) is 0 Å². The quantitative estimate of drug-likeness (QED) is 0.859. The first kappa shape index (κ1) is 16.5. The fraction of sp³-hybridized carbons (Fsp3) is 0.312. The van der Waals surface area contributed by atoms with Crippen molar-refractivity contribution in [2.24, 2.45) is 5.92 Å². The molecule has 2 rings (SSSR count). The number of hydrogen-bond acceptors (Lipinski definition) is 4. The minimum Gasteiger partial charge on any atom is -0.325 e. The number of carbonyl (C=O) groups is 1. The van der Waals surface area contributed by atoms with Crippen LogP contribution in [0.15, 0.2) is 41.3 Å². The van der Waals surface area contributed by atoms with E-state index in [9.17, 15) is 13.2 Å². The summed E-state index contributed by atoms with van der Waals surface area (Å²) in [7, 11) is -2.84. The number of nitrogens with one attached hydrogen (secondary N) is 1. The zero-order chi connectivity index (χ0) is 16.3. The topological polar surface area (TPSA) is 72.5 Å². The molecule has 0 aliphatic rings. The van der Waals surface area contributed by atoms with E-state index in [1.807, 2.05) is 19.1 Å². The molecule has 2 aromatic carbocycles. The van der Waals surface area contributed by atoms with Gasteiger partial charge in [-0.2, -0.15) is 8.42 Å². The predicted molar refractivity (Wildman–Crippen MR) is 86.2 cm³/mol. The molecule has 2 aromatic rings. The maximum Gasteiger partial charge on any atom is 0.299 e. The van der Waals surface area contributed by atoms with Crippen LogP contribution in [0.2, 0.25) is 0 Å². The first-order valence-corrected chi connectivity index (χ1v) is 8.44. The maximum absolute atomic E-state index is 12.3. The second kappa shape index (κ2) is 6.46. The fourth-order valence-electron chi connectivity index (χ4n) is 2.14. The number of hydrogen-bond donors (Lipinski definition) is 1. The van der Waals surface area contributed by atoms with Crippen molar-refractivity contribution in [2.75, 3.05) is 12.4 Å². The molecule has 1 N–H and O–H groups in total. The fourth-order valence-corrected chi connectivity index (χ4v) is 3.15. The Kier molecular flexibility index (Phi) is 4.83. The van der Waals surface area contributed by atoms with Crippen LogP contribution in [-0.2, 0) is 19.1 Å². The van der Waals surface area contributed by atoms with Crippen LogP contribution < -0.4 is 5.32 Å². The molecule has 1 unspecified atom stereocenters. The van der Waals surface area contributed by atoms with Gasteiger partial charge in [-0.1, -0.05) is 44.2 Å². The molecule has 0 saturated carbocycles. The van der Waals surface area contributed by atoms with Crippen LogP contribution in [-0.4, -0.2) is 21.4 Å². The standard InChI is InChI=1S/C16H19NO4S/c1-4-11(2)16(18)17-14-10-9-12-7-5-6-8-13(12)15(14)22(19,20)21-3/h5-11H,4H2,1-3H3,(H,17,18). The minimum absolute atomic E-state index is 0.00949. The Hall–Kier alpha value is -1.92. The Morgan fingerprint density at radius 3 is 2.55 bits per heavy atom. The second-order valence-corrected chi connectivity index (χ2v) is 6.73. The highest BCUT2D eigenvalue weighted by molar-refractivity contribution is 7.87. The average Bonchev–Trinajstić information content (AvgIpc) is 2.53. The van der Waals surface area contributed by atoms with Gasteiger partial charge in [-0.3, -0.25) is 8.98 Å². The van der Waals surface area contributed by atoms with Crippen LogP contribution in [0.4, 0.5) is 5.69 Å². The van der Waals surface area contributed by atoms with Crippen LogP contribution in [0, 0.1) is 5.92 Å². The summed E-state index contributed by atoms with van der Waals surface area (Å²) < 4.78 is 29.2. The van der Waals surface area contributed by atoms with Crippen LogP contribution >= 0.6 is 0 Å². The molecule has 0 aliphatic heterocycles. The van der Waals surface area contributed by atoms with E-state index in [1.54, 1.807) is 31.2 Å². The van der Waals surface area contributed by atoms with Crippen molar-refractivity contribution in [2.45, 2.75) is 25.2 Å². The smallest absolute Gasteiger partial charge is 0.299 e. The number of benzene rings is 2. The van der Waals surface area contributed by atoms with Crippen molar-refractivity contribution in [1.29, 1.82) is 0 Å². The summed E-state index contributed by atoms with van der Waals surface area (Å²) in [4.78, 5) is 12.1. The summed E-state index contributed by atoms with van der Waals surface area (Å²) in [5, 5.41) is 3.98. The molecule has 0 radical (unpaired) electrons. The Morgan fingerprint density at radius 1 is 1.23 bits per heavy atom. The molecule has 1 atom stereocenters. The summed E-state index contributed by atoms with van der Waals surface area (Å²) in [6.45, 7) is 3.69. The first-order chi connectivity index (χ1) is 10.4. The minimum atomic E-state index is -3.95. The van der Waals surface area contributed by atoms with Crippen molar-refractivity contribution >= 4 is 32.5 Å². The molecule has 0 aliphatic carbocycles. The van der Waals surface area contributed by atoms with E-state index in [0.717, 1.165) is 12.5 Å². The lowest BCUT2D eigenvalue weighted by molar-refractivity contribution is -0.119. The van der Waals surface area contributed by atoms with E-state index < -0.39 is 10.1 Å². The molecule has 22 heavy (non-hydrogen) atoms.